The van der Waals surface area contributed by atoms with Crippen LogP contribution in [0.1, 0.15) is 32.1 Å². The van der Waals surface area contributed by atoms with Crippen molar-refractivity contribution < 1.29 is 19.1 Å². The Morgan fingerprint density at radius 2 is 2.39 bits per heavy atom. The maximum atomic E-state index is 11.8. The number of hydrogen-bond acceptors (Lipinski definition) is 5. The number of methoxy groups -OCH3 is 1. The number of carbonyl (C=O) groups is 2. The molecule has 0 aromatic heterocycles. The van der Waals surface area contributed by atoms with E-state index in [0.29, 0.717) is 32.3 Å². The van der Waals surface area contributed by atoms with Crippen LogP contribution < -0.4 is 5.32 Å². The van der Waals surface area contributed by atoms with Gasteiger partial charge in [0.1, 0.15) is 12.1 Å². The predicted molar refractivity (Wildman–Crippen MR) is 62.4 cm³/mol. The lowest BCUT2D eigenvalue weighted by Gasteiger charge is -2.18. The van der Waals surface area contributed by atoms with Gasteiger partial charge in [0.15, 0.2) is 0 Å². The molecule has 100 valence electrons. The van der Waals surface area contributed by atoms with Gasteiger partial charge in [-0.15, -0.1) is 0 Å². The molecule has 0 aromatic rings. The molecule has 6 nitrogen and oxygen atoms in total. The predicted octanol–water partition coefficient (Wildman–Crippen LogP) is 0.517. The highest BCUT2D eigenvalue weighted by Gasteiger charge is 2.28. The molecule has 0 aliphatic carbocycles. The van der Waals surface area contributed by atoms with Crippen LogP contribution in [0, 0.1) is 11.3 Å². The zero-order valence-electron chi connectivity index (χ0n) is 10.5. The first-order valence-electron chi connectivity index (χ1n) is 6.05. The number of unbranched alkanes of at least 4 members (excludes halogenated alkanes) is 1. The third kappa shape index (κ3) is 4.34. The van der Waals surface area contributed by atoms with E-state index in [-0.39, 0.29) is 5.91 Å². The second-order valence-corrected chi connectivity index (χ2v) is 4.14. The van der Waals surface area contributed by atoms with Crippen LogP contribution in [0.25, 0.3) is 0 Å². The van der Waals surface area contributed by atoms with E-state index in [9.17, 15) is 9.59 Å². The van der Waals surface area contributed by atoms with Crippen LogP contribution in [0.3, 0.4) is 0 Å². The third-order valence-corrected chi connectivity index (χ3v) is 2.81. The molecule has 18 heavy (non-hydrogen) atoms. The topological polar surface area (TPSA) is 88.4 Å². The zero-order chi connectivity index (χ0) is 13.4. The molecule has 1 N–H and O–H groups in total. The van der Waals surface area contributed by atoms with Gasteiger partial charge in [-0.2, -0.15) is 5.26 Å². The van der Waals surface area contributed by atoms with E-state index >= 15 is 0 Å². The summed E-state index contributed by atoms with van der Waals surface area (Å²) >= 11 is 0. The van der Waals surface area contributed by atoms with Crippen LogP contribution in [0.2, 0.25) is 0 Å². The number of hydrogen-bond donors (Lipinski definition) is 1. The van der Waals surface area contributed by atoms with E-state index in [2.05, 4.69) is 10.1 Å². The van der Waals surface area contributed by atoms with Gasteiger partial charge in [0.25, 0.3) is 0 Å². The summed E-state index contributed by atoms with van der Waals surface area (Å²) in [4.78, 5) is 23.3. The second kappa shape index (κ2) is 7.67. The van der Waals surface area contributed by atoms with Gasteiger partial charge in [-0.1, -0.05) is 0 Å². The largest absolute Gasteiger partial charge is 0.467 e. The Morgan fingerprint density at radius 3 is 2.94 bits per heavy atom. The molecule has 1 heterocycles. The fraction of sp³-hybridized carbons (Fsp3) is 0.750. The highest BCUT2D eigenvalue weighted by atomic mass is 16.5. The van der Waals surface area contributed by atoms with Crippen molar-refractivity contribution in [1.82, 2.24) is 5.32 Å². The van der Waals surface area contributed by atoms with E-state index < -0.39 is 18.1 Å². The molecule has 2 atom stereocenters. The van der Waals surface area contributed by atoms with E-state index in [1.807, 2.05) is 6.07 Å². The maximum Gasteiger partial charge on any atom is 0.328 e. The number of nitrogens with zero attached hydrogens (tertiary/aromatic N) is 1. The average molecular weight is 254 g/mol. The van der Waals surface area contributed by atoms with Gasteiger partial charge in [0.05, 0.1) is 13.2 Å². The minimum Gasteiger partial charge on any atom is -0.467 e. The average Bonchev–Trinajstić information content (AvgIpc) is 2.90. The summed E-state index contributed by atoms with van der Waals surface area (Å²) in [5.74, 6) is -0.765. The minimum atomic E-state index is -0.694. The molecule has 1 aliphatic heterocycles. The summed E-state index contributed by atoms with van der Waals surface area (Å²) in [6.45, 7) is 0.579. The van der Waals surface area contributed by atoms with Crippen molar-refractivity contribution >= 4 is 11.9 Å². The van der Waals surface area contributed by atoms with Crippen molar-refractivity contribution in [2.45, 2.75) is 44.2 Å². The first-order chi connectivity index (χ1) is 8.69. The fourth-order valence-electron chi connectivity index (χ4n) is 1.83. The van der Waals surface area contributed by atoms with Crippen LogP contribution in [-0.4, -0.2) is 37.7 Å². The second-order valence-electron chi connectivity index (χ2n) is 4.14. The highest BCUT2D eigenvalue weighted by molar-refractivity contribution is 5.87. The van der Waals surface area contributed by atoms with Gasteiger partial charge in [-0.3, -0.25) is 4.79 Å². The van der Waals surface area contributed by atoms with Crippen LogP contribution >= 0.6 is 0 Å². The number of amides is 1. The number of ether oxygens (including phenoxy) is 2. The lowest BCUT2D eigenvalue weighted by Crippen LogP contribution is -2.45. The van der Waals surface area contributed by atoms with Crippen molar-refractivity contribution in [3.05, 3.63) is 0 Å². The Labute approximate surface area is 106 Å². The third-order valence-electron chi connectivity index (χ3n) is 2.81. The van der Waals surface area contributed by atoms with E-state index in [4.69, 9.17) is 10.00 Å². The molecule has 6 heteroatoms. The molecule has 0 bridgehead atoms. The Balaban J connectivity index is 2.46. The minimum absolute atomic E-state index is 0.278. The summed E-state index contributed by atoms with van der Waals surface area (Å²) in [6, 6.07) is 1.30. The molecule has 0 aromatic carbocycles. The van der Waals surface area contributed by atoms with Gasteiger partial charge in [0, 0.05) is 13.0 Å². The van der Waals surface area contributed by atoms with Crippen molar-refractivity contribution in [2.24, 2.45) is 0 Å². The van der Waals surface area contributed by atoms with Gasteiger partial charge < -0.3 is 14.8 Å². The SMILES string of the molecule is COC(=O)[C@@H](CCCC#N)NC(=O)[C@H]1CCCO1. The summed E-state index contributed by atoms with van der Waals surface area (Å²) in [6.07, 6.45) is 2.37. The van der Waals surface area contributed by atoms with Crippen molar-refractivity contribution in [3.63, 3.8) is 0 Å². The summed E-state index contributed by atoms with van der Waals surface area (Å²) in [5.41, 5.74) is 0. The Hall–Kier alpha value is -1.61. The number of rotatable bonds is 6. The van der Waals surface area contributed by atoms with Crippen LogP contribution in [0.4, 0.5) is 0 Å². The summed E-state index contributed by atoms with van der Waals surface area (Å²) in [5, 5.41) is 11.1. The molecule has 0 saturated carbocycles. The summed E-state index contributed by atoms with van der Waals surface area (Å²) in [7, 11) is 1.28. The first-order valence-corrected chi connectivity index (χ1v) is 6.05. The van der Waals surface area contributed by atoms with Gasteiger partial charge in [-0.05, 0) is 25.7 Å². The Morgan fingerprint density at radius 1 is 1.61 bits per heavy atom. The molecular formula is C12H18N2O4. The van der Waals surface area contributed by atoms with Crippen LogP contribution in [-0.2, 0) is 19.1 Å². The molecule has 1 fully saturated rings. The smallest absolute Gasteiger partial charge is 0.328 e. The molecule has 0 unspecified atom stereocenters. The zero-order valence-corrected chi connectivity index (χ0v) is 10.5. The molecule has 0 radical (unpaired) electrons. The van der Waals surface area contributed by atoms with Gasteiger partial charge in [0.2, 0.25) is 5.91 Å². The van der Waals surface area contributed by atoms with E-state index in [1.54, 1.807) is 0 Å². The van der Waals surface area contributed by atoms with E-state index in [0.717, 1.165) is 6.42 Å². The van der Waals surface area contributed by atoms with Crippen molar-refractivity contribution in [2.75, 3.05) is 13.7 Å². The lowest BCUT2D eigenvalue weighted by atomic mass is 10.1. The molecule has 0 spiro atoms. The van der Waals surface area contributed by atoms with E-state index in [1.165, 1.54) is 7.11 Å². The molecule has 1 rings (SSSR count). The van der Waals surface area contributed by atoms with Gasteiger partial charge in [-0.25, -0.2) is 4.79 Å². The van der Waals surface area contributed by atoms with Crippen LogP contribution in [0.15, 0.2) is 0 Å². The Bertz CT molecular complexity index is 331. The molecule has 1 aliphatic rings. The summed E-state index contributed by atoms with van der Waals surface area (Å²) < 4.78 is 9.87. The number of carbonyl (C=O) groups excluding carboxylic acids is 2. The highest BCUT2D eigenvalue weighted by Crippen LogP contribution is 2.13. The number of esters is 1. The maximum absolute atomic E-state index is 11.8. The fourth-order valence-corrected chi connectivity index (χ4v) is 1.83. The van der Waals surface area contributed by atoms with Crippen molar-refractivity contribution in [3.8, 4) is 6.07 Å². The standard InChI is InChI=1S/C12H18N2O4/c1-17-12(16)9(5-2-3-7-13)14-11(15)10-6-4-8-18-10/h9-10H,2-6,8H2,1H3,(H,14,15)/t9-,10-/m1/s1. The molecule has 1 saturated heterocycles. The van der Waals surface area contributed by atoms with Crippen molar-refractivity contribution in [1.29, 1.82) is 5.26 Å². The molecule has 1 amide bonds. The normalized spacial score (nSPS) is 19.9. The lowest BCUT2D eigenvalue weighted by molar-refractivity contribution is -0.146. The number of nitriles is 1. The monoisotopic (exact) mass is 254 g/mol. The number of nitrogens with one attached hydrogen (secondary N) is 1. The first kappa shape index (κ1) is 14.5. The molecular weight excluding hydrogens is 236 g/mol. The van der Waals surface area contributed by atoms with Crippen LogP contribution in [0.5, 0.6) is 0 Å². The Kier molecular flexibility index (Phi) is 6.15. The quantitative estimate of drug-likeness (QED) is 0.551. The van der Waals surface area contributed by atoms with Gasteiger partial charge >= 0.3 is 5.97 Å².